The van der Waals surface area contributed by atoms with E-state index in [1.54, 1.807) is 11.8 Å². The predicted molar refractivity (Wildman–Crippen MR) is 114 cm³/mol. The molecular formula is C24H32N2O2. The highest BCUT2D eigenvalue weighted by Gasteiger charge is 2.26. The Morgan fingerprint density at radius 1 is 0.857 bits per heavy atom. The first-order chi connectivity index (χ1) is 13.2. The van der Waals surface area contributed by atoms with Gasteiger partial charge >= 0.3 is 0 Å². The van der Waals surface area contributed by atoms with Gasteiger partial charge in [0.05, 0.1) is 6.42 Å². The zero-order valence-corrected chi connectivity index (χ0v) is 17.9. The Balaban J connectivity index is 2.25. The van der Waals surface area contributed by atoms with Gasteiger partial charge in [0.15, 0.2) is 0 Å². The molecule has 0 unspecified atom stereocenters. The molecule has 0 spiro atoms. The first-order valence-corrected chi connectivity index (χ1v) is 9.88. The lowest BCUT2D eigenvalue weighted by atomic mass is 10.0. The number of rotatable bonds is 7. The maximum absolute atomic E-state index is 13.2. The summed E-state index contributed by atoms with van der Waals surface area (Å²) in [6.45, 7) is 12.2. The average molecular weight is 381 g/mol. The van der Waals surface area contributed by atoms with E-state index in [0.29, 0.717) is 6.54 Å². The Labute approximate surface area is 169 Å². The van der Waals surface area contributed by atoms with Crippen molar-refractivity contribution < 1.29 is 9.59 Å². The summed E-state index contributed by atoms with van der Waals surface area (Å²) >= 11 is 0. The molecule has 0 aliphatic heterocycles. The molecule has 1 N–H and O–H groups in total. The number of hydrogen-bond donors (Lipinski definition) is 1. The third-order valence-corrected chi connectivity index (χ3v) is 4.71. The number of carbonyl (C=O) groups excluding carboxylic acids is 2. The number of nitrogens with one attached hydrogen (secondary N) is 1. The Bertz CT molecular complexity index is 805. The third-order valence-electron chi connectivity index (χ3n) is 4.71. The van der Waals surface area contributed by atoms with E-state index in [-0.39, 0.29) is 24.3 Å². The maximum atomic E-state index is 13.2. The van der Waals surface area contributed by atoms with Crippen molar-refractivity contribution in [3.8, 4) is 0 Å². The highest BCUT2D eigenvalue weighted by atomic mass is 16.2. The molecule has 0 bridgehead atoms. The Hall–Kier alpha value is -2.62. The van der Waals surface area contributed by atoms with Crippen LogP contribution in [0.25, 0.3) is 0 Å². The van der Waals surface area contributed by atoms with Crippen molar-refractivity contribution in [1.82, 2.24) is 10.2 Å². The van der Waals surface area contributed by atoms with Gasteiger partial charge in [-0.05, 0) is 52.7 Å². The minimum Gasteiger partial charge on any atom is -0.352 e. The van der Waals surface area contributed by atoms with Crippen LogP contribution in [0.2, 0.25) is 0 Å². The first-order valence-electron chi connectivity index (χ1n) is 9.88. The van der Waals surface area contributed by atoms with E-state index < -0.39 is 6.04 Å². The van der Waals surface area contributed by atoms with Crippen molar-refractivity contribution in [2.45, 2.75) is 66.6 Å². The van der Waals surface area contributed by atoms with E-state index in [0.717, 1.165) is 22.3 Å². The fourth-order valence-electron chi connectivity index (χ4n) is 3.33. The minimum atomic E-state index is -0.540. The smallest absolute Gasteiger partial charge is 0.242 e. The van der Waals surface area contributed by atoms with Crippen LogP contribution in [-0.2, 0) is 22.6 Å². The fraction of sp³-hybridized carbons (Fsp3) is 0.417. The van der Waals surface area contributed by atoms with Gasteiger partial charge in [0.1, 0.15) is 6.04 Å². The van der Waals surface area contributed by atoms with Crippen LogP contribution in [0.4, 0.5) is 0 Å². The first kappa shape index (κ1) is 21.7. The molecule has 4 heteroatoms. The molecule has 2 amide bonds. The normalized spacial score (nSPS) is 12.0. The lowest BCUT2D eigenvalue weighted by Crippen LogP contribution is -2.49. The molecule has 4 nitrogen and oxygen atoms in total. The SMILES string of the molecule is Cc1ccc(CN(C(=O)Cc2cc(C)cc(C)c2)[C@@H](C)C(=O)NC(C)C)cc1. The van der Waals surface area contributed by atoms with Crippen molar-refractivity contribution in [2.75, 3.05) is 0 Å². The van der Waals surface area contributed by atoms with Crippen LogP contribution in [0.1, 0.15) is 48.6 Å². The topological polar surface area (TPSA) is 49.4 Å². The molecule has 0 heterocycles. The van der Waals surface area contributed by atoms with E-state index >= 15 is 0 Å². The number of carbonyl (C=O) groups is 2. The van der Waals surface area contributed by atoms with E-state index in [4.69, 9.17) is 0 Å². The largest absolute Gasteiger partial charge is 0.352 e. The summed E-state index contributed by atoms with van der Waals surface area (Å²) in [5, 5.41) is 2.92. The molecule has 0 fully saturated rings. The van der Waals surface area contributed by atoms with Crippen molar-refractivity contribution in [2.24, 2.45) is 0 Å². The second kappa shape index (κ2) is 9.54. The lowest BCUT2D eigenvalue weighted by molar-refractivity contribution is -0.140. The molecule has 150 valence electrons. The summed E-state index contributed by atoms with van der Waals surface area (Å²) in [5.41, 5.74) is 5.44. The van der Waals surface area contributed by atoms with E-state index in [1.165, 1.54) is 5.56 Å². The molecule has 2 aromatic carbocycles. The van der Waals surface area contributed by atoms with Gasteiger partial charge in [0.25, 0.3) is 0 Å². The van der Waals surface area contributed by atoms with Gasteiger partial charge in [-0.2, -0.15) is 0 Å². The van der Waals surface area contributed by atoms with Crippen LogP contribution in [0.15, 0.2) is 42.5 Å². The van der Waals surface area contributed by atoms with Gasteiger partial charge in [-0.1, -0.05) is 59.2 Å². The number of nitrogens with zero attached hydrogens (tertiary/aromatic N) is 1. The second-order valence-corrected chi connectivity index (χ2v) is 8.02. The van der Waals surface area contributed by atoms with E-state index in [9.17, 15) is 9.59 Å². The molecule has 2 aromatic rings. The molecule has 0 radical (unpaired) electrons. The minimum absolute atomic E-state index is 0.0331. The number of hydrogen-bond acceptors (Lipinski definition) is 2. The highest BCUT2D eigenvalue weighted by molar-refractivity contribution is 5.88. The summed E-state index contributed by atoms with van der Waals surface area (Å²) in [5.74, 6) is -0.173. The summed E-state index contributed by atoms with van der Waals surface area (Å²) in [4.78, 5) is 27.5. The summed E-state index contributed by atoms with van der Waals surface area (Å²) in [6, 6.07) is 13.7. The van der Waals surface area contributed by atoms with Gasteiger partial charge in [0.2, 0.25) is 11.8 Å². The molecule has 2 rings (SSSR count). The molecule has 0 aliphatic rings. The molecule has 0 saturated carbocycles. The third kappa shape index (κ3) is 6.22. The van der Waals surface area contributed by atoms with Gasteiger partial charge < -0.3 is 10.2 Å². The van der Waals surface area contributed by atoms with Crippen LogP contribution in [0.3, 0.4) is 0 Å². The zero-order valence-electron chi connectivity index (χ0n) is 17.9. The lowest BCUT2D eigenvalue weighted by Gasteiger charge is -2.29. The van der Waals surface area contributed by atoms with Crippen molar-refractivity contribution in [3.63, 3.8) is 0 Å². The molecule has 0 aromatic heterocycles. The maximum Gasteiger partial charge on any atom is 0.242 e. The Morgan fingerprint density at radius 2 is 1.43 bits per heavy atom. The standard InChI is InChI=1S/C24H32N2O2/c1-16(2)25-24(28)20(6)26(15-21-9-7-17(3)8-10-21)23(27)14-22-12-18(4)11-19(5)13-22/h7-13,16,20H,14-15H2,1-6H3,(H,25,28)/t20-/m0/s1. The van der Waals surface area contributed by atoms with Crippen LogP contribution >= 0.6 is 0 Å². The second-order valence-electron chi connectivity index (χ2n) is 8.02. The summed E-state index contributed by atoms with van der Waals surface area (Å²) in [7, 11) is 0. The average Bonchev–Trinajstić information content (AvgIpc) is 2.59. The van der Waals surface area contributed by atoms with Gasteiger partial charge in [-0.25, -0.2) is 0 Å². The van der Waals surface area contributed by atoms with Gasteiger partial charge in [-0.15, -0.1) is 0 Å². The van der Waals surface area contributed by atoms with Crippen molar-refractivity contribution in [1.29, 1.82) is 0 Å². The van der Waals surface area contributed by atoms with Crippen LogP contribution < -0.4 is 5.32 Å². The van der Waals surface area contributed by atoms with Crippen LogP contribution in [0.5, 0.6) is 0 Å². The van der Waals surface area contributed by atoms with Crippen LogP contribution in [-0.4, -0.2) is 28.8 Å². The van der Waals surface area contributed by atoms with Gasteiger partial charge in [0, 0.05) is 12.6 Å². The monoisotopic (exact) mass is 380 g/mol. The van der Waals surface area contributed by atoms with Crippen LogP contribution in [0, 0.1) is 20.8 Å². The zero-order chi connectivity index (χ0) is 20.8. The van der Waals surface area contributed by atoms with Crippen molar-refractivity contribution >= 4 is 11.8 Å². The summed E-state index contributed by atoms with van der Waals surface area (Å²) < 4.78 is 0. The number of amides is 2. The van der Waals surface area contributed by atoms with Crippen molar-refractivity contribution in [3.05, 3.63) is 70.3 Å². The molecule has 0 aliphatic carbocycles. The molecule has 1 atom stereocenters. The van der Waals surface area contributed by atoms with E-state index in [1.807, 2.05) is 71.0 Å². The molecular weight excluding hydrogens is 348 g/mol. The molecule has 28 heavy (non-hydrogen) atoms. The predicted octanol–water partition coefficient (Wildman–Crippen LogP) is 4.10. The van der Waals surface area contributed by atoms with E-state index in [2.05, 4.69) is 11.4 Å². The number of benzene rings is 2. The number of aryl methyl sites for hydroxylation is 3. The highest BCUT2D eigenvalue weighted by Crippen LogP contribution is 2.15. The van der Waals surface area contributed by atoms with Gasteiger partial charge in [-0.3, -0.25) is 9.59 Å². The molecule has 0 saturated heterocycles. The quantitative estimate of drug-likeness (QED) is 0.786. The fourth-order valence-corrected chi connectivity index (χ4v) is 3.33. The Morgan fingerprint density at radius 3 is 1.96 bits per heavy atom. The Kier molecular flexibility index (Phi) is 7.38. The summed E-state index contributed by atoms with van der Waals surface area (Å²) in [6.07, 6.45) is 0.285.